The van der Waals surface area contributed by atoms with Crippen LogP contribution in [0.5, 0.6) is 0 Å². The van der Waals surface area contributed by atoms with Gasteiger partial charge in [0.2, 0.25) is 11.8 Å². The first-order valence-corrected chi connectivity index (χ1v) is 6.75. The molecule has 2 amide bonds. The second kappa shape index (κ2) is 6.14. The number of rotatable bonds is 5. The Morgan fingerprint density at radius 3 is 2.26 bits per heavy atom. The lowest BCUT2D eigenvalue weighted by atomic mass is 9.87. The molecule has 1 heterocycles. The summed E-state index contributed by atoms with van der Waals surface area (Å²) in [6, 6.07) is 0. The van der Waals surface area contributed by atoms with Crippen LogP contribution in [0.4, 0.5) is 0 Å². The molecular formula is C13H19NO5. The normalized spacial score (nSPS) is 27.9. The quantitative estimate of drug-likeness (QED) is 0.746. The molecule has 1 saturated heterocycles. The predicted molar refractivity (Wildman–Crippen MR) is 65.3 cm³/mol. The standard InChI is InChI=1S/C13H19NO5/c15-11-5-6-12(16)14(11)7-8-19-10-3-1-9(2-4-10)13(17)18/h9-10H,1-8H2,(H,17,18). The maximum Gasteiger partial charge on any atom is 0.306 e. The van der Waals surface area contributed by atoms with Crippen LogP contribution in [-0.2, 0) is 19.1 Å². The molecule has 1 aliphatic heterocycles. The molecule has 1 saturated carbocycles. The van der Waals surface area contributed by atoms with Gasteiger partial charge in [-0.05, 0) is 25.7 Å². The number of carboxylic acids is 1. The molecule has 2 rings (SSSR count). The average Bonchev–Trinajstić information content (AvgIpc) is 2.71. The fourth-order valence-corrected chi connectivity index (χ4v) is 2.66. The van der Waals surface area contributed by atoms with Crippen LogP contribution < -0.4 is 0 Å². The van der Waals surface area contributed by atoms with Gasteiger partial charge in [-0.2, -0.15) is 0 Å². The molecule has 0 aromatic rings. The highest BCUT2D eigenvalue weighted by atomic mass is 16.5. The molecule has 0 bridgehead atoms. The van der Waals surface area contributed by atoms with Crippen molar-refractivity contribution in [1.29, 1.82) is 0 Å². The highest BCUT2D eigenvalue weighted by Crippen LogP contribution is 2.26. The van der Waals surface area contributed by atoms with Gasteiger partial charge in [-0.3, -0.25) is 19.3 Å². The second-order valence-electron chi connectivity index (χ2n) is 5.12. The van der Waals surface area contributed by atoms with Crippen LogP contribution in [-0.4, -0.2) is 47.0 Å². The molecule has 0 aromatic heterocycles. The van der Waals surface area contributed by atoms with E-state index in [9.17, 15) is 14.4 Å². The summed E-state index contributed by atoms with van der Waals surface area (Å²) in [5.41, 5.74) is 0. The summed E-state index contributed by atoms with van der Waals surface area (Å²) in [5.74, 6) is -1.22. The van der Waals surface area contributed by atoms with Gasteiger partial charge < -0.3 is 9.84 Å². The number of imide groups is 1. The van der Waals surface area contributed by atoms with Crippen molar-refractivity contribution in [2.24, 2.45) is 5.92 Å². The maximum atomic E-state index is 11.4. The lowest BCUT2D eigenvalue weighted by molar-refractivity contribution is -0.145. The monoisotopic (exact) mass is 269 g/mol. The van der Waals surface area contributed by atoms with Gasteiger partial charge in [0.15, 0.2) is 0 Å². The van der Waals surface area contributed by atoms with Gasteiger partial charge >= 0.3 is 5.97 Å². The van der Waals surface area contributed by atoms with Gasteiger partial charge in [0.25, 0.3) is 0 Å². The van der Waals surface area contributed by atoms with Gasteiger partial charge in [-0.15, -0.1) is 0 Å². The van der Waals surface area contributed by atoms with Gasteiger partial charge in [0, 0.05) is 12.8 Å². The van der Waals surface area contributed by atoms with Crippen LogP contribution in [0.3, 0.4) is 0 Å². The number of nitrogens with zero attached hydrogens (tertiary/aromatic N) is 1. The lowest BCUT2D eigenvalue weighted by Gasteiger charge is -2.26. The minimum absolute atomic E-state index is 0.0587. The van der Waals surface area contributed by atoms with Gasteiger partial charge in [0.1, 0.15) is 0 Å². The number of hydrogen-bond donors (Lipinski definition) is 1. The summed E-state index contributed by atoms with van der Waals surface area (Å²) in [5, 5.41) is 8.88. The van der Waals surface area contributed by atoms with E-state index in [0.717, 1.165) is 12.8 Å². The molecule has 2 fully saturated rings. The Balaban J connectivity index is 1.66. The number of hydrogen-bond acceptors (Lipinski definition) is 4. The SMILES string of the molecule is O=C(O)C1CCC(OCCN2C(=O)CCC2=O)CC1. The van der Waals surface area contributed by atoms with Crippen molar-refractivity contribution in [3.05, 3.63) is 0 Å². The van der Waals surface area contributed by atoms with Crippen LogP contribution in [0.15, 0.2) is 0 Å². The lowest BCUT2D eigenvalue weighted by Crippen LogP contribution is -2.34. The molecule has 6 nitrogen and oxygen atoms in total. The maximum absolute atomic E-state index is 11.4. The first kappa shape index (κ1) is 14.0. The summed E-state index contributed by atoms with van der Waals surface area (Å²) >= 11 is 0. The zero-order valence-electron chi connectivity index (χ0n) is 10.8. The van der Waals surface area contributed by atoms with Crippen LogP contribution >= 0.6 is 0 Å². The first-order valence-electron chi connectivity index (χ1n) is 6.75. The first-order chi connectivity index (χ1) is 9.08. The number of carbonyl (C=O) groups excluding carboxylic acids is 2. The molecule has 0 radical (unpaired) electrons. The number of ether oxygens (including phenoxy) is 1. The number of carbonyl (C=O) groups is 3. The molecule has 1 N–H and O–H groups in total. The number of aliphatic carboxylic acids is 1. The smallest absolute Gasteiger partial charge is 0.306 e. The molecule has 2 aliphatic rings. The zero-order chi connectivity index (χ0) is 13.8. The minimum atomic E-state index is -0.730. The highest BCUT2D eigenvalue weighted by Gasteiger charge is 2.29. The fourth-order valence-electron chi connectivity index (χ4n) is 2.66. The van der Waals surface area contributed by atoms with Crippen molar-refractivity contribution in [2.45, 2.75) is 44.6 Å². The Hall–Kier alpha value is -1.43. The molecule has 19 heavy (non-hydrogen) atoms. The van der Waals surface area contributed by atoms with E-state index in [0.29, 0.717) is 38.8 Å². The molecular weight excluding hydrogens is 250 g/mol. The van der Waals surface area contributed by atoms with Crippen LogP contribution in [0.1, 0.15) is 38.5 Å². The van der Waals surface area contributed by atoms with Crippen molar-refractivity contribution in [2.75, 3.05) is 13.2 Å². The van der Waals surface area contributed by atoms with Crippen molar-refractivity contribution in [3.8, 4) is 0 Å². The average molecular weight is 269 g/mol. The Bertz CT molecular complexity index is 357. The zero-order valence-corrected chi connectivity index (χ0v) is 10.8. The summed E-state index contributed by atoms with van der Waals surface area (Å²) in [6.45, 7) is 0.663. The number of likely N-dealkylation sites (tertiary alicyclic amines) is 1. The van der Waals surface area contributed by atoms with Gasteiger partial charge in [-0.25, -0.2) is 0 Å². The Labute approximate surface area is 111 Å². The van der Waals surface area contributed by atoms with Gasteiger partial charge in [0.05, 0.1) is 25.2 Å². The van der Waals surface area contributed by atoms with Crippen LogP contribution in [0.2, 0.25) is 0 Å². The third kappa shape index (κ3) is 3.53. The van der Waals surface area contributed by atoms with Crippen LogP contribution in [0.25, 0.3) is 0 Å². The van der Waals surface area contributed by atoms with Crippen LogP contribution in [0, 0.1) is 5.92 Å². The van der Waals surface area contributed by atoms with Crippen molar-refractivity contribution in [1.82, 2.24) is 4.90 Å². The molecule has 106 valence electrons. The third-order valence-corrected chi connectivity index (χ3v) is 3.85. The summed E-state index contributed by atoms with van der Waals surface area (Å²) in [7, 11) is 0. The van der Waals surface area contributed by atoms with Crippen molar-refractivity contribution in [3.63, 3.8) is 0 Å². The van der Waals surface area contributed by atoms with Crippen molar-refractivity contribution >= 4 is 17.8 Å². The minimum Gasteiger partial charge on any atom is -0.481 e. The summed E-state index contributed by atoms with van der Waals surface area (Å²) in [4.78, 5) is 34.8. The summed E-state index contributed by atoms with van der Waals surface area (Å²) < 4.78 is 5.63. The number of carboxylic acid groups (broad SMARTS) is 1. The third-order valence-electron chi connectivity index (χ3n) is 3.85. The van der Waals surface area contributed by atoms with E-state index in [1.54, 1.807) is 0 Å². The molecule has 0 atom stereocenters. The molecule has 1 aliphatic carbocycles. The molecule has 0 unspecified atom stereocenters. The summed E-state index contributed by atoms with van der Waals surface area (Å²) in [6.07, 6.45) is 3.43. The fraction of sp³-hybridized carbons (Fsp3) is 0.769. The van der Waals surface area contributed by atoms with E-state index < -0.39 is 5.97 Å². The molecule has 0 aromatic carbocycles. The molecule has 6 heteroatoms. The highest BCUT2D eigenvalue weighted by molar-refractivity contribution is 6.01. The Kier molecular flexibility index (Phi) is 4.52. The number of amides is 2. The largest absolute Gasteiger partial charge is 0.481 e. The molecule has 0 spiro atoms. The predicted octanol–water partition coefficient (Wildman–Crippen LogP) is 0.795. The van der Waals surface area contributed by atoms with Crippen molar-refractivity contribution < 1.29 is 24.2 Å². The van der Waals surface area contributed by atoms with E-state index in [4.69, 9.17) is 9.84 Å². The second-order valence-corrected chi connectivity index (χ2v) is 5.12. The van der Waals surface area contributed by atoms with E-state index in [2.05, 4.69) is 0 Å². The van der Waals surface area contributed by atoms with E-state index in [1.807, 2.05) is 0 Å². The van der Waals surface area contributed by atoms with Gasteiger partial charge in [-0.1, -0.05) is 0 Å². The topological polar surface area (TPSA) is 83.9 Å². The Morgan fingerprint density at radius 1 is 1.16 bits per heavy atom. The van der Waals surface area contributed by atoms with E-state index in [1.165, 1.54) is 4.90 Å². The van der Waals surface area contributed by atoms with E-state index in [-0.39, 0.29) is 23.8 Å². The Morgan fingerprint density at radius 2 is 1.74 bits per heavy atom. The van der Waals surface area contributed by atoms with E-state index >= 15 is 0 Å².